The summed E-state index contributed by atoms with van der Waals surface area (Å²) in [6.07, 6.45) is 0. The van der Waals surface area contributed by atoms with E-state index < -0.39 is 42.8 Å². The maximum absolute atomic E-state index is 12.8. The Morgan fingerprint density at radius 2 is 1.72 bits per heavy atom. The summed E-state index contributed by atoms with van der Waals surface area (Å²) in [4.78, 5) is 44.2. The minimum absolute atomic E-state index is 0.307. The molecular weight excluding hydrogens is 477 g/mol. The third-order valence-electron chi connectivity index (χ3n) is 4.27. The fourth-order valence-electron chi connectivity index (χ4n) is 2.94. The second kappa shape index (κ2) is 9.77. The van der Waals surface area contributed by atoms with Gasteiger partial charge in [-0.15, -0.1) is 0 Å². The summed E-state index contributed by atoms with van der Waals surface area (Å²) in [6, 6.07) is 14.2. The van der Waals surface area contributed by atoms with Crippen molar-refractivity contribution >= 4 is 51.2 Å². The van der Waals surface area contributed by atoms with E-state index in [1.165, 1.54) is 4.90 Å². The molecule has 0 heterocycles. The fourth-order valence-corrected chi connectivity index (χ4v) is 7.45. The summed E-state index contributed by atoms with van der Waals surface area (Å²) in [5.74, 6) is -1.59. The predicted octanol–water partition coefficient (Wildman–Crippen LogP) is 2.78. The molecule has 29 heavy (non-hydrogen) atoms. The summed E-state index contributed by atoms with van der Waals surface area (Å²) in [5.41, 5.74) is 2.23. The topological polar surface area (TPSA) is 98.7 Å². The van der Waals surface area contributed by atoms with Gasteiger partial charge in [0.25, 0.3) is 0 Å². The van der Waals surface area contributed by atoms with Gasteiger partial charge in [-0.25, -0.2) is 0 Å². The van der Waals surface area contributed by atoms with Crippen LogP contribution in [0.4, 0.5) is 16.2 Å². The Morgan fingerprint density at radius 3 is 2.34 bits per heavy atom. The van der Waals surface area contributed by atoms with Gasteiger partial charge in [-0.2, -0.15) is 0 Å². The number of hydrogen-bond acceptors (Lipinski definition) is 3. The van der Waals surface area contributed by atoms with E-state index >= 15 is 0 Å². The van der Waals surface area contributed by atoms with Gasteiger partial charge in [-0.3, -0.25) is 0 Å². The van der Waals surface area contributed by atoms with Crippen LogP contribution in [0.1, 0.15) is 5.56 Å². The van der Waals surface area contributed by atoms with E-state index in [4.69, 9.17) is 0 Å². The van der Waals surface area contributed by atoms with Crippen molar-refractivity contribution < 1.29 is 19.5 Å². The van der Waals surface area contributed by atoms with Gasteiger partial charge < -0.3 is 0 Å². The third kappa shape index (κ3) is 6.77. The van der Waals surface area contributed by atoms with Gasteiger partial charge in [0.15, 0.2) is 0 Å². The molecule has 154 valence electrons. The van der Waals surface area contributed by atoms with Crippen molar-refractivity contribution in [2.45, 2.75) is 21.7 Å². The van der Waals surface area contributed by atoms with E-state index in [1.807, 2.05) is 37.3 Å². The van der Waals surface area contributed by atoms with Crippen LogP contribution in [0.15, 0.2) is 48.5 Å². The number of amides is 3. The molecule has 8 heteroatoms. The van der Waals surface area contributed by atoms with E-state index in [1.54, 1.807) is 18.2 Å². The van der Waals surface area contributed by atoms with Crippen LogP contribution in [-0.4, -0.2) is 54.5 Å². The Hall–Kier alpha value is -2.55. The number of carbonyl (C=O) groups is 3. The van der Waals surface area contributed by atoms with E-state index in [2.05, 4.69) is 25.5 Å². The molecule has 0 radical (unpaired) electrons. The minimum atomic E-state index is -2.61. The SMILES string of the molecule is Cc1cccc(NC(=O)NCC(=O)N(CC(=O)O)c2cccc[c]2[Sn]([CH3])([CH3])[CH3])c1. The maximum atomic E-state index is 12.8. The van der Waals surface area contributed by atoms with Gasteiger partial charge >= 0.3 is 175 Å². The van der Waals surface area contributed by atoms with Gasteiger partial charge in [0.1, 0.15) is 0 Å². The first-order chi connectivity index (χ1) is 13.6. The molecule has 7 nitrogen and oxygen atoms in total. The van der Waals surface area contributed by atoms with Crippen LogP contribution in [0.3, 0.4) is 0 Å². The number of carbonyl (C=O) groups excluding carboxylic acids is 2. The van der Waals surface area contributed by atoms with Crippen LogP contribution in [0.25, 0.3) is 0 Å². The molecule has 0 fully saturated rings. The van der Waals surface area contributed by atoms with Gasteiger partial charge in [-0.05, 0) is 0 Å². The number of aryl methyl sites for hydroxylation is 1. The van der Waals surface area contributed by atoms with E-state index in [0.717, 1.165) is 9.14 Å². The Labute approximate surface area is 175 Å². The van der Waals surface area contributed by atoms with Crippen molar-refractivity contribution in [1.82, 2.24) is 5.32 Å². The number of nitrogens with zero attached hydrogens (tertiary/aromatic N) is 1. The molecule has 0 aliphatic rings. The second-order valence-electron chi connectivity index (χ2n) is 7.82. The number of urea groups is 1. The number of anilines is 2. The first-order valence-electron chi connectivity index (χ1n) is 9.31. The number of para-hydroxylation sites is 1. The van der Waals surface area contributed by atoms with Crippen LogP contribution in [0, 0.1) is 6.92 Å². The zero-order valence-electron chi connectivity index (χ0n) is 17.2. The van der Waals surface area contributed by atoms with Gasteiger partial charge in [0, 0.05) is 0 Å². The van der Waals surface area contributed by atoms with Gasteiger partial charge in [0.05, 0.1) is 0 Å². The quantitative estimate of drug-likeness (QED) is 0.506. The molecule has 0 aliphatic carbocycles. The molecule has 0 atom stereocenters. The van der Waals surface area contributed by atoms with Crippen molar-refractivity contribution in [1.29, 1.82) is 0 Å². The average molecular weight is 504 g/mol. The number of benzene rings is 2. The summed E-state index contributed by atoms with van der Waals surface area (Å²) in [6.45, 7) is 1.14. The number of nitrogens with one attached hydrogen (secondary N) is 2. The average Bonchev–Trinajstić information content (AvgIpc) is 2.63. The fraction of sp³-hybridized carbons (Fsp3) is 0.286. The number of rotatable bonds is 7. The number of hydrogen-bond donors (Lipinski definition) is 3. The predicted molar refractivity (Wildman–Crippen MR) is 118 cm³/mol. The molecule has 0 saturated heterocycles. The molecule has 2 aromatic rings. The van der Waals surface area contributed by atoms with E-state index in [9.17, 15) is 19.5 Å². The van der Waals surface area contributed by atoms with Gasteiger partial charge in [0.2, 0.25) is 0 Å². The Bertz CT molecular complexity index is 909. The molecule has 0 unspecified atom stereocenters. The van der Waals surface area contributed by atoms with Crippen molar-refractivity contribution in [2.75, 3.05) is 23.3 Å². The van der Waals surface area contributed by atoms with Crippen LogP contribution < -0.4 is 19.1 Å². The summed E-state index contributed by atoms with van der Waals surface area (Å²) in [5, 5.41) is 14.5. The summed E-state index contributed by atoms with van der Waals surface area (Å²) in [7, 11) is 0. The Kier molecular flexibility index (Phi) is 7.66. The first-order valence-corrected chi connectivity index (χ1v) is 19.3. The molecule has 0 spiro atoms. The summed E-state index contributed by atoms with van der Waals surface area (Å²) >= 11 is -2.61. The zero-order valence-corrected chi connectivity index (χ0v) is 20.0. The zero-order chi connectivity index (χ0) is 21.6. The number of carboxylic acid groups (broad SMARTS) is 1. The molecule has 0 aliphatic heterocycles. The molecule has 0 saturated carbocycles. The Morgan fingerprint density at radius 1 is 1.03 bits per heavy atom. The van der Waals surface area contributed by atoms with Crippen LogP contribution in [0.5, 0.6) is 0 Å². The van der Waals surface area contributed by atoms with E-state index in [0.29, 0.717) is 11.4 Å². The second-order valence-corrected chi connectivity index (χ2v) is 22.2. The van der Waals surface area contributed by atoms with Crippen LogP contribution in [0.2, 0.25) is 14.8 Å². The molecular formula is C21H27N3O4Sn. The van der Waals surface area contributed by atoms with Crippen LogP contribution in [-0.2, 0) is 9.59 Å². The molecule has 0 aromatic heterocycles. The van der Waals surface area contributed by atoms with Crippen molar-refractivity contribution in [3.05, 3.63) is 54.1 Å². The third-order valence-corrected chi connectivity index (χ3v) is 10.1. The monoisotopic (exact) mass is 505 g/mol. The van der Waals surface area contributed by atoms with E-state index in [-0.39, 0.29) is 6.54 Å². The number of aliphatic carboxylic acids is 1. The number of carboxylic acids is 1. The summed E-state index contributed by atoms with van der Waals surface area (Å²) < 4.78 is 1.06. The molecule has 2 aromatic carbocycles. The molecule has 2 rings (SSSR count). The van der Waals surface area contributed by atoms with Crippen molar-refractivity contribution in [3.8, 4) is 0 Å². The van der Waals surface area contributed by atoms with Crippen molar-refractivity contribution in [2.24, 2.45) is 0 Å². The first kappa shape index (κ1) is 22.7. The van der Waals surface area contributed by atoms with Gasteiger partial charge in [-0.1, -0.05) is 0 Å². The molecule has 0 bridgehead atoms. The van der Waals surface area contributed by atoms with Crippen LogP contribution >= 0.6 is 0 Å². The molecule has 3 N–H and O–H groups in total. The standard InChI is InChI=1S/C18H18N3O4.3CH3.Sn/c1-13-6-5-7-14(10-13)20-18(25)19-11-16(22)21(12-17(23)24)15-8-3-2-4-9-15;;;;/h2-8,10H,11-12H2,1H3,(H,23,24)(H2,19,20,25);3*1H3;. The Balaban J connectivity index is 2.14. The normalized spacial score (nSPS) is 10.9. The molecule has 3 amide bonds. The van der Waals surface area contributed by atoms with Crippen molar-refractivity contribution in [3.63, 3.8) is 0 Å².